The number of amides is 1. The Balaban J connectivity index is 1.21. The lowest BCUT2D eigenvalue weighted by Gasteiger charge is -2.43. The van der Waals surface area contributed by atoms with Crippen LogP contribution in [-0.4, -0.2) is 90.9 Å². The van der Waals surface area contributed by atoms with Crippen LogP contribution < -0.4 is 15.0 Å². The molecule has 202 valence electrons. The molecular weight excluding hydrogens is 504 g/mol. The number of hydrogen-bond acceptors (Lipinski definition) is 9. The van der Waals surface area contributed by atoms with E-state index in [-0.39, 0.29) is 23.5 Å². The van der Waals surface area contributed by atoms with Gasteiger partial charge in [0.2, 0.25) is 5.91 Å². The molecule has 3 fully saturated rings. The number of benzene rings is 1. The number of ether oxygens (including phenoxy) is 1. The van der Waals surface area contributed by atoms with Gasteiger partial charge in [0.05, 0.1) is 22.8 Å². The highest BCUT2D eigenvalue weighted by atomic mass is 32.2. The van der Waals surface area contributed by atoms with Crippen molar-refractivity contribution in [2.45, 2.75) is 38.3 Å². The van der Waals surface area contributed by atoms with E-state index in [1.165, 1.54) is 18.0 Å². The average Bonchev–Trinajstić information content (AvgIpc) is 3.28. The topological polar surface area (TPSA) is 108 Å². The largest absolute Gasteiger partial charge is 0.483 e. The molecule has 0 spiro atoms. The Hall–Kier alpha value is -3.18. The zero-order valence-electron chi connectivity index (χ0n) is 21.9. The van der Waals surface area contributed by atoms with Crippen molar-refractivity contribution in [2.24, 2.45) is 0 Å². The molecule has 5 heterocycles. The molecule has 6 rings (SSSR count). The fourth-order valence-corrected chi connectivity index (χ4v) is 7.28. The third-order valence-corrected chi connectivity index (χ3v) is 9.91. The Morgan fingerprint density at radius 3 is 2.66 bits per heavy atom. The summed E-state index contributed by atoms with van der Waals surface area (Å²) in [5, 5.41) is 3.52. The van der Waals surface area contributed by atoms with Gasteiger partial charge in [-0.2, -0.15) is 0 Å². The molecule has 1 aromatic carbocycles. The number of rotatable bonds is 4. The van der Waals surface area contributed by atoms with Crippen molar-refractivity contribution in [3.05, 3.63) is 47.8 Å². The summed E-state index contributed by atoms with van der Waals surface area (Å²) in [4.78, 5) is 27.4. The Labute approximate surface area is 223 Å². The first-order valence-electron chi connectivity index (χ1n) is 13.3. The number of hydrogen-bond donors (Lipinski definition) is 1. The SMILES string of the molecule is C=CC(=O)N1CC[C@H](N2CC(c3cc(C)c4c(c3)Nc3ncnc(N5CCS(=O)(=O)CC5)c3[C@@H](C)O4)C2)C1. The summed E-state index contributed by atoms with van der Waals surface area (Å²) in [5.41, 5.74) is 4.06. The molecule has 38 heavy (non-hydrogen) atoms. The molecule has 1 amide bonds. The highest BCUT2D eigenvalue weighted by molar-refractivity contribution is 7.91. The second-order valence-electron chi connectivity index (χ2n) is 10.8. The number of carbonyl (C=O) groups is 1. The smallest absolute Gasteiger partial charge is 0.246 e. The average molecular weight is 539 g/mol. The van der Waals surface area contributed by atoms with E-state index in [9.17, 15) is 13.2 Å². The number of nitrogens with one attached hydrogen (secondary N) is 1. The fourth-order valence-electron chi connectivity index (χ4n) is 6.08. The molecule has 11 heteroatoms. The number of aryl methyl sites for hydroxylation is 1. The lowest BCUT2D eigenvalue weighted by Crippen LogP contribution is -2.51. The van der Waals surface area contributed by atoms with Gasteiger partial charge in [0.1, 0.15) is 29.8 Å². The van der Waals surface area contributed by atoms with E-state index in [4.69, 9.17) is 4.74 Å². The third kappa shape index (κ3) is 4.51. The zero-order valence-corrected chi connectivity index (χ0v) is 22.7. The van der Waals surface area contributed by atoms with Crippen LogP contribution in [0.4, 0.5) is 17.3 Å². The minimum atomic E-state index is -3.00. The van der Waals surface area contributed by atoms with Gasteiger partial charge in [-0.25, -0.2) is 18.4 Å². The van der Waals surface area contributed by atoms with Crippen molar-refractivity contribution in [1.29, 1.82) is 0 Å². The van der Waals surface area contributed by atoms with Crippen molar-refractivity contribution in [1.82, 2.24) is 19.8 Å². The van der Waals surface area contributed by atoms with Crippen LogP contribution in [0.1, 0.15) is 42.1 Å². The Morgan fingerprint density at radius 1 is 1.16 bits per heavy atom. The highest BCUT2D eigenvalue weighted by Gasteiger charge is 2.38. The molecule has 0 radical (unpaired) electrons. The van der Waals surface area contributed by atoms with Gasteiger partial charge in [-0.05, 0) is 43.5 Å². The Kier molecular flexibility index (Phi) is 6.30. The molecule has 1 N–H and O–H groups in total. The first-order chi connectivity index (χ1) is 18.2. The molecule has 1 aromatic heterocycles. The van der Waals surface area contributed by atoms with Crippen molar-refractivity contribution < 1.29 is 17.9 Å². The summed E-state index contributed by atoms with van der Waals surface area (Å²) < 4.78 is 30.4. The summed E-state index contributed by atoms with van der Waals surface area (Å²) in [6.07, 6.45) is 3.63. The van der Waals surface area contributed by atoms with Crippen LogP contribution >= 0.6 is 0 Å². The van der Waals surface area contributed by atoms with Gasteiger partial charge >= 0.3 is 0 Å². The van der Waals surface area contributed by atoms with Crippen LogP contribution in [0.15, 0.2) is 31.1 Å². The molecule has 4 aliphatic heterocycles. The van der Waals surface area contributed by atoms with Gasteiger partial charge in [-0.1, -0.05) is 12.6 Å². The van der Waals surface area contributed by atoms with Crippen LogP contribution in [0.2, 0.25) is 0 Å². The monoisotopic (exact) mass is 538 g/mol. The van der Waals surface area contributed by atoms with Crippen LogP contribution in [-0.2, 0) is 14.6 Å². The fraction of sp³-hybridized carbons (Fsp3) is 0.519. The zero-order chi connectivity index (χ0) is 26.6. The van der Waals surface area contributed by atoms with Crippen LogP contribution in [0.25, 0.3) is 0 Å². The van der Waals surface area contributed by atoms with Gasteiger partial charge in [0.15, 0.2) is 9.84 Å². The van der Waals surface area contributed by atoms with Gasteiger partial charge < -0.3 is 19.9 Å². The highest BCUT2D eigenvalue weighted by Crippen LogP contribution is 2.45. The number of aromatic nitrogens is 2. The Bertz CT molecular complexity index is 1380. The van der Waals surface area contributed by atoms with E-state index in [0.29, 0.717) is 30.9 Å². The van der Waals surface area contributed by atoms with Crippen molar-refractivity contribution in [3.8, 4) is 5.75 Å². The van der Waals surface area contributed by atoms with Crippen LogP contribution in [0.5, 0.6) is 5.75 Å². The number of sulfone groups is 1. The van der Waals surface area contributed by atoms with E-state index < -0.39 is 9.84 Å². The maximum absolute atomic E-state index is 12.0. The van der Waals surface area contributed by atoms with Gasteiger partial charge in [-0.3, -0.25) is 9.69 Å². The standard InChI is InChI=1S/C27H34N6O4S/c1-4-23(34)32-6-5-21(15-32)33-13-20(14-33)19-11-17(2)25-22(12-19)30-26-24(18(3)37-25)27(29-16-28-26)31-7-9-38(35,36)10-8-31/h4,11-12,16,18,20-21H,1,5-10,13-15H2,2-3H3,(H,28,29,30)/t18-,21+/m1/s1. The van der Waals surface area contributed by atoms with Crippen molar-refractivity contribution in [2.75, 3.05) is 61.0 Å². The maximum atomic E-state index is 12.0. The lowest BCUT2D eigenvalue weighted by atomic mass is 9.88. The number of likely N-dealkylation sites (tertiary alicyclic amines) is 2. The van der Waals surface area contributed by atoms with Gasteiger partial charge in [0, 0.05) is 51.2 Å². The van der Waals surface area contributed by atoms with E-state index in [1.807, 2.05) is 16.7 Å². The van der Waals surface area contributed by atoms with Gasteiger partial charge in [-0.15, -0.1) is 0 Å². The van der Waals surface area contributed by atoms with Crippen molar-refractivity contribution >= 4 is 33.1 Å². The maximum Gasteiger partial charge on any atom is 0.246 e. The number of fused-ring (bicyclic) bond motifs is 2. The quantitative estimate of drug-likeness (QED) is 0.587. The van der Waals surface area contributed by atoms with E-state index in [0.717, 1.165) is 61.0 Å². The first kappa shape index (κ1) is 25.1. The summed E-state index contributed by atoms with van der Waals surface area (Å²) in [7, 11) is -3.00. The molecule has 10 nitrogen and oxygen atoms in total. The van der Waals surface area contributed by atoms with E-state index in [1.54, 1.807) is 0 Å². The molecule has 0 saturated carbocycles. The minimum absolute atomic E-state index is 0.0174. The number of nitrogens with zero attached hydrogens (tertiary/aromatic N) is 5. The first-order valence-corrected chi connectivity index (χ1v) is 15.1. The molecule has 0 aliphatic carbocycles. The van der Waals surface area contributed by atoms with E-state index in [2.05, 4.69) is 45.8 Å². The molecular formula is C27H34N6O4S. The molecule has 2 atom stereocenters. The van der Waals surface area contributed by atoms with Crippen LogP contribution in [0, 0.1) is 6.92 Å². The summed E-state index contributed by atoms with van der Waals surface area (Å²) >= 11 is 0. The molecule has 2 aromatic rings. The molecule has 0 unspecified atom stereocenters. The number of carbonyl (C=O) groups excluding carboxylic acids is 1. The normalized spacial score (nSPS) is 24.9. The van der Waals surface area contributed by atoms with Crippen LogP contribution in [0.3, 0.4) is 0 Å². The Morgan fingerprint density at radius 2 is 1.92 bits per heavy atom. The second kappa shape index (κ2) is 9.53. The molecule has 4 aliphatic rings. The summed E-state index contributed by atoms with van der Waals surface area (Å²) in [6.45, 7) is 12.0. The van der Waals surface area contributed by atoms with E-state index >= 15 is 0 Å². The minimum Gasteiger partial charge on any atom is -0.483 e. The third-order valence-electron chi connectivity index (χ3n) is 8.31. The van der Waals surface area contributed by atoms with Gasteiger partial charge in [0.25, 0.3) is 0 Å². The predicted molar refractivity (Wildman–Crippen MR) is 146 cm³/mol. The number of anilines is 3. The van der Waals surface area contributed by atoms with Crippen molar-refractivity contribution in [3.63, 3.8) is 0 Å². The molecule has 3 saturated heterocycles. The second-order valence-corrected chi connectivity index (χ2v) is 13.1. The summed E-state index contributed by atoms with van der Waals surface area (Å²) in [6, 6.07) is 4.80. The lowest BCUT2D eigenvalue weighted by molar-refractivity contribution is -0.125. The summed E-state index contributed by atoms with van der Waals surface area (Å²) in [5.74, 6) is 2.91. The molecule has 0 bridgehead atoms. The predicted octanol–water partition coefficient (Wildman–Crippen LogP) is 2.40.